The van der Waals surface area contributed by atoms with Crippen molar-refractivity contribution >= 4 is 27.8 Å². The minimum Gasteiger partial charge on any atom is -0.481 e. The predicted molar refractivity (Wildman–Crippen MR) is 90.4 cm³/mol. The van der Waals surface area contributed by atoms with Gasteiger partial charge >= 0.3 is 5.97 Å². The van der Waals surface area contributed by atoms with Gasteiger partial charge in [-0.2, -0.15) is 5.10 Å². The highest BCUT2D eigenvalue weighted by molar-refractivity contribution is 9.10. The maximum absolute atomic E-state index is 12.2. The van der Waals surface area contributed by atoms with Crippen molar-refractivity contribution in [3.8, 4) is 11.1 Å². The van der Waals surface area contributed by atoms with Crippen LogP contribution in [-0.2, 0) is 11.8 Å². The fourth-order valence-electron chi connectivity index (χ4n) is 2.44. The molecule has 0 aliphatic heterocycles. The lowest BCUT2D eigenvalue weighted by molar-refractivity contribution is -0.136. The number of carboxylic acid groups (broad SMARTS) is 1. The highest BCUT2D eigenvalue weighted by atomic mass is 79.9. The highest BCUT2D eigenvalue weighted by Gasteiger charge is 2.15. The number of amides is 1. The summed E-state index contributed by atoms with van der Waals surface area (Å²) < 4.78 is 2.58. The Morgan fingerprint density at radius 1 is 1.30 bits per heavy atom. The summed E-state index contributed by atoms with van der Waals surface area (Å²) in [5, 5.41) is 15.6. The molecule has 0 radical (unpaired) electrons. The Bertz CT molecular complexity index is 768. The molecule has 0 spiro atoms. The third kappa shape index (κ3) is 3.98. The van der Waals surface area contributed by atoms with Crippen LogP contribution in [0.15, 0.2) is 22.7 Å². The minimum atomic E-state index is -0.943. The topological polar surface area (TPSA) is 84.2 Å². The van der Waals surface area contributed by atoms with Gasteiger partial charge in [-0.1, -0.05) is 15.9 Å². The molecule has 6 nitrogen and oxygen atoms in total. The van der Waals surface area contributed by atoms with Gasteiger partial charge in [0, 0.05) is 34.9 Å². The predicted octanol–water partition coefficient (Wildman–Crippen LogP) is 2.67. The minimum absolute atomic E-state index is 0.0982. The molecular weight excluding hydrogens is 362 g/mol. The number of carboxylic acids is 1. The van der Waals surface area contributed by atoms with Gasteiger partial charge in [-0.3, -0.25) is 14.3 Å². The van der Waals surface area contributed by atoms with Crippen molar-refractivity contribution in [3.63, 3.8) is 0 Å². The number of aryl methyl sites for hydroxylation is 2. The van der Waals surface area contributed by atoms with Crippen molar-refractivity contribution in [3.05, 3.63) is 39.6 Å². The summed E-state index contributed by atoms with van der Waals surface area (Å²) >= 11 is 3.42. The first-order chi connectivity index (χ1) is 10.8. The maximum atomic E-state index is 12.2. The molecule has 1 aromatic carbocycles. The first-order valence-corrected chi connectivity index (χ1v) is 7.90. The number of aliphatic carboxylic acids is 1. The summed E-state index contributed by atoms with van der Waals surface area (Å²) in [5.74, 6) is -1.24. The van der Waals surface area contributed by atoms with Crippen LogP contribution in [0.4, 0.5) is 0 Å². The molecule has 0 atom stereocenters. The number of nitrogens with zero attached hydrogens (tertiary/aromatic N) is 2. The second-order valence-corrected chi connectivity index (χ2v) is 6.21. The Morgan fingerprint density at radius 3 is 2.57 bits per heavy atom. The monoisotopic (exact) mass is 379 g/mol. The van der Waals surface area contributed by atoms with Gasteiger partial charge in [-0.15, -0.1) is 0 Å². The second-order valence-electron chi connectivity index (χ2n) is 5.30. The van der Waals surface area contributed by atoms with Crippen LogP contribution in [0.5, 0.6) is 0 Å². The van der Waals surface area contributed by atoms with Crippen molar-refractivity contribution < 1.29 is 14.7 Å². The largest absolute Gasteiger partial charge is 0.481 e. The summed E-state index contributed by atoms with van der Waals surface area (Å²) in [5.41, 5.74) is 4.26. The number of aromatic nitrogens is 2. The molecule has 7 heteroatoms. The third-order valence-corrected chi connectivity index (χ3v) is 4.04. The molecule has 23 heavy (non-hydrogen) atoms. The molecule has 1 heterocycles. The van der Waals surface area contributed by atoms with E-state index in [4.69, 9.17) is 5.11 Å². The van der Waals surface area contributed by atoms with Crippen molar-refractivity contribution in [2.24, 2.45) is 7.05 Å². The Balaban J connectivity index is 2.32. The number of hydrogen-bond donors (Lipinski definition) is 2. The molecule has 0 bridgehead atoms. The first kappa shape index (κ1) is 17.2. The fourth-order valence-corrected chi connectivity index (χ4v) is 2.93. The van der Waals surface area contributed by atoms with Gasteiger partial charge in [0.2, 0.25) is 0 Å². The van der Waals surface area contributed by atoms with Crippen molar-refractivity contribution in [1.29, 1.82) is 0 Å². The third-order valence-electron chi connectivity index (χ3n) is 3.58. The van der Waals surface area contributed by atoms with E-state index in [-0.39, 0.29) is 18.9 Å². The molecule has 0 fully saturated rings. The summed E-state index contributed by atoms with van der Waals surface area (Å²) in [4.78, 5) is 22.7. The number of benzene rings is 1. The standard InChI is InChI=1S/C16H18BrN3O3/c1-9-15(10(2)20(3)19-9)11-6-12(8-13(17)7-11)16(23)18-5-4-14(21)22/h6-8H,4-5H2,1-3H3,(H,18,23)(H,21,22). The smallest absolute Gasteiger partial charge is 0.305 e. The zero-order valence-electron chi connectivity index (χ0n) is 13.2. The van der Waals surface area contributed by atoms with E-state index in [1.54, 1.807) is 16.8 Å². The van der Waals surface area contributed by atoms with E-state index in [1.807, 2.05) is 27.0 Å². The van der Waals surface area contributed by atoms with Crippen LogP contribution in [0.25, 0.3) is 11.1 Å². The van der Waals surface area contributed by atoms with Gasteiger partial charge in [0.15, 0.2) is 0 Å². The Labute approximate surface area is 142 Å². The van der Waals surface area contributed by atoms with Crippen LogP contribution in [0.3, 0.4) is 0 Å². The van der Waals surface area contributed by atoms with Crippen LogP contribution >= 0.6 is 15.9 Å². The molecule has 0 unspecified atom stereocenters. The summed E-state index contributed by atoms with van der Waals surface area (Å²) in [6, 6.07) is 5.43. The van der Waals surface area contributed by atoms with Gasteiger partial charge in [0.1, 0.15) is 0 Å². The van der Waals surface area contributed by atoms with Gasteiger partial charge in [0.25, 0.3) is 5.91 Å². The van der Waals surface area contributed by atoms with E-state index in [1.165, 1.54) is 0 Å². The van der Waals surface area contributed by atoms with E-state index in [2.05, 4.69) is 26.3 Å². The lowest BCUT2D eigenvalue weighted by atomic mass is 10.0. The van der Waals surface area contributed by atoms with Crippen molar-refractivity contribution in [1.82, 2.24) is 15.1 Å². The van der Waals surface area contributed by atoms with Crippen LogP contribution in [0, 0.1) is 13.8 Å². The number of rotatable bonds is 5. The summed E-state index contributed by atoms with van der Waals surface area (Å²) in [6.07, 6.45) is -0.104. The van der Waals surface area contributed by atoms with Crippen LogP contribution in [0.1, 0.15) is 28.2 Å². The van der Waals surface area contributed by atoms with Gasteiger partial charge < -0.3 is 10.4 Å². The van der Waals surface area contributed by atoms with Crippen molar-refractivity contribution in [2.75, 3.05) is 6.54 Å². The summed E-state index contributed by atoms with van der Waals surface area (Å²) in [6.45, 7) is 4.00. The molecule has 2 rings (SSSR count). The van der Waals surface area contributed by atoms with Crippen molar-refractivity contribution in [2.45, 2.75) is 20.3 Å². The molecule has 2 N–H and O–H groups in total. The molecule has 1 amide bonds. The Hall–Kier alpha value is -2.15. The van der Waals surface area contributed by atoms with E-state index in [9.17, 15) is 9.59 Å². The van der Waals surface area contributed by atoms with Gasteiger partial charge in [-0.25, -0.2) is 0 Å². The number of carbonyl (C=O) groups is 2. The average Bonchev–Trinajstić information content (AvgIpc) is 2.70. The van der Waals surface area contributed by atoms with Crippen LogP contribution in [0.2, 0.25) is 0 Å². The maximum Gasteiger partial charge on any atom is 0.305 e. The molecule has 1 aromatic heterocycles. The molecule has 2 aromatic rings. The van der Waals surface area contributed by atoms with Crippen LogP contribution < -0.4 is 5.32 Å². The number of hydrogen-bond acceptors (Lipinski definition) is 3. The molecular formula is C16H18BrN3O3. The Morgan fingerprint density at radius 2 is 2.00 bits per heavy atom. The number of nitrogens with one attached hydrogen (secondary N) is 1. The summed E-state index contributed by atoms with van der Waals surface area (Å²) in [7, 11) is 1.88. The lowest BCUT2D eigenvalue weighted by Gasteiger charge is -2.08. The average molecular weight is 380 g/mol. The van der Waals surface area contributed by atoms with E-state index >= 15 is 0 Å². The molecule has 122 valence electrons. The van der Waals surface area contributed by atoms with Crippen LogP contribution in [-0.4, -0.2) is 33.3 Å². The van der Waals surface area contributed by atoms with E-state index in [0.717, 1.165) is 27.0 Å². The highest BCUT2D eigenvalue weighted by Crippen LogP contribution is 2.30. The first-order valence-electron chi connectivity index (χ1n) is 7.10. The van der Waals surface area contributed by atoms with E-state index < -0.39 is 5.97 Å². The number of halogens is 1. The second kappa shape index (κ2) is 6.95. The SMILES string of the molecule is Cc1nn(C)c(C)c1-c1cc(Br)cc(C(=O)NCCC(=O)O)c1. The molecule has 0 aliphatic rings. The number of carbonyl (C=O) groups excluding carboxylic acids is 1. The van der Waals surface area contributed by atoms with E-state index in [0.29, 0.717) is 5.56 Å². The zero-order valence-corrected chi connectivity index (χ0v) is 14.8. The lowest BCUT2D eigenvalue weighted by Crippen LogP contribution is -2.26. The quantitative estimate of drug-likeness (QED) is 0.836. The Kier molecular flexibility index (Phi) is 5.20. The zero-order chi connectivity index (χ0) is 17.1. The normalized spacial score (nSPS) is 10.6. The molecule has 0 saturated heterocycles. The molecule has 0 aliphatic carbocycles. The van der Waals surface area contributed by atoms with Gasteiger partial charge in [-0.05, 0) is 37.6 Å². The molecule has 0 saturated carbocycles. The van der Waals surface area contributed by atoms with Gasteiger partial charge in [0.05, 0.1) is 12.1 Å². The fraction of sp³-hybridized carbons (Fsp3) is 0.312.